The van der Waals surface area contributed by atoms with Crippen molar-refractivity contribution < 1.29 is 14.3 Å². The van der Waals surface area contributed by atoms with Crippen molar-refractivity contribution in [3.8, 4) is 5.75 Å². The number of nitrogens with zero attached hydrogens (tertiary/aromatic N) is 1. The second-order valence-electron chi connectivity index (χ2n) is 6.74. The SMILES string of the molecule is COc1ccc(N)c(C2CCN(C(=O)OC(C)(C)C)CC2)c1. The van der Waals surface area contributed by atoms with Gasteiger partial charge in [-0.1, -0.05) is 0 Å². The largest absolute Gasteiger partial charge is 0.497 e. The number of benzene rings is 1. The first-order valence-corrected chi connectivity index (χ1v) is 7.71. The predicted octanol–water partition coefficient (Wildman–Crippen LogP) is 3.39. The summed E-state index contributed by atoms with van der Waals surface area (Å²) >= 11 is 0. The fourth-order valence-corrected chi connectivity index (χ4v) is 2.73. The molecule has 5 nitrogen and oxygen atoms in total. The van der Waals surface area contributed by atoms with Gasteiger partial charge in [0.15, 0.2) is 0 Å². The van der Waals surface area contributed by atoms with Crippen molar-refractivity contribution in [3.63, 3.8) is 0 Å². The lowest BCUT2D eigenvalue weighted by molar-refractivity contribution is 0.0205. The molecule has 2 rings (SSSR count). The molecule has 0 aromatic heterocycles. The highest BCUT2D eigenvalue weighted by Gasteiger charge is 2.28. The second kappa shape index (κ2) is 6.46. The van der Waals surface area contributed by atoms with E-state index in [1.54, 1.807) is 12.0 Å². The lowest BCUT2D eigenvalue weighted by Crippen LogP contribution is -2.41. The summed E-state index contributed by atoms with van der Waals surface area (Å²) in [7, 11) is 1.65. The maximum Gasteiger partial charge on any atom is 0.410 e. The van der Waals surface area contributed by atoms with Crippen LogP contribution in [-0.4, -0.2) is 36.8 Å². The van der Waals surface area contributed by atoms with Crippen LogP contribution in [0, 0.1) is 0 Å². The van der Waals surface area contributed by atoms with Crippen molar-refractivity contribution in [2.75, 3.05) is 25.9 Å². The average molecular weight is 306 g/mol. The molecular formula is C17H26N2O3. The van der Waals surface area contributed by atoms with E-state index in [4.69, 9.17) is 15.2 Å². The van der Waals surface area contributed by atoms with Crippen LogP contribution in [-0.2, 0) is 4.74 Å². The maximum atomic E-state index is 12.1. The van der Waals surface area contributed by atoms with Crippen LogP contribution in [0.15, 0.2) is 18.2 Å². The Labute approximate surface area is 132 Å². The molecule has 1 amide bonds. The number of nitrogens with two attached hydrogens (primary N) is 1. The molecule has 1 saturated heterocycles. The summed E-state index contributed by atoms with van der Waals surface area (Å²) in [5.41, 5.74) is 7.54. The smallest absolute Gasteiger partial charge is 0.410 e. The zero-order valence-corrected chi connectivity index (χ0v) is 13.9. The van der Waals surface area contributed by atoms with Gasteiger partial charge in [-0.2, -0.15) is 0 Å². The van der Waals surface area contributed by atoms with E-state index >= 15 is 0 Å². The summed E-state index contributed by atoms with van der Waals surface area (Å²) in [6.07, 6.45) is 1.54. The van der Waals surface area contributed by atoms with Crippen LogP contribution in [0.5, 0.6) is 5.75 Å². The first-order chi connectivity index (χ1) is 10.3. The Balaban J connectivity index is 1.99. The highest BCUT2D eigenvalue weighted by Crippen LogP contribution is 2.34. The summed E-state index contributed by atoms with van der Waals surface area (Å²) in [6.45, 7) is 7.03. The Morgan fingerprint density at radius 3 is 2.45 bits per heavy atom. The van der Waals surface area contributed by atoms with Crippen LogP contribution in [0.1, 0.15) is 45.1 Å². The van der Waals surface area contributed by atoms with Gasteiger partial charge in [0.2, 0.25) is 0 Å². The van der Waals surface area contributed by atoms with E-state index in [0.29, 0.717) is 19.0 Å². The van der Waals surface area contributed by atoms with Gasteiger partial charge in [0.1, 0.15) is 11.4 Å². The number of nitrogen functional groups attached to an aromatic ring is 1. The number of carbonyl (C=O) groups excluding carboxylic acids is 1. The van der Waals surface area contributed by atoms with Crippen molar-refractivity contribution >= 4 is 11.8 Å². The number of amides is 1. The second-order valence-corrected chi connectivity index (χ2v) is 6.74. The van der Waals surface area contributed by atoms with Gasteiger partial charge in [-0.15, -0.1) is 0 Å². The third-order valence-electron chi connectivity index (χ3n) is 3.88. The lowest BCUT2D eigenvalue weighted by atomic mass is 9.88. The molecule has 1 aromatic carbocycles. The minimum absolute atomic E-state index is 0.232. The number of methoxy groups -OCH3 is 1. The number of likely N-dealkylation sites (tertiary alicyclic amines) is 1. The van der Waals surface area contributed by atoms with E-state index in [2.05, 4.69) is 0 Å². The molecule has 0 unspecified atom stereocenters. The number of anilines is 1. The van der Waals surface area contributed by atoms with Gasteiger partial charge in [-0.05, 0) is 63.3 Å². The molecule has 0 bridgehead atoms. The van der Waals surface area contributed by atoms with Gasteiger partial charge in [-0.3, -0.25) is 0 Å². The zero-order valence-electron chi connectivity index (χ0n) is 13.9. The molecule has 1 aromatic rings. The Bertz CT molecular complexity index is 529. The molecule has 0 spiro atoms. The van der Waals surface area contributed by atoms with Crippen molar-refractivity contribution in [1.29, 1.82) is 0 Å². The number of piperidine rings is 1. The van der Waals surface area contributed by atoms with Crippen LogP contribution in [0.3, 0.4) is 0 Å². The van der Waals surface area contributed by atoms with Crippen molar-refractivity contribution in [1.82, 2.24) is 4.90 Å². The summed E-state index contributed by atoms with van der Waals surface area (Å²) in [4.78, 5) is 13.9. The molecule has 0 radical (unpaired) electrons. The highest BCUT2D eigenvalue weighted by atomic mass is 16.6. The standard InChI is InChI=1S/C17H26N2O3/c1-17(2,3)22-16(20)19-9-7-12(8-10-19)14-11-13(21-4)5-6-15(14)18/h5-6,11-12H,7-10,18H2,1-4H3. The molecular weight excluding hydrogens is 280 g/mol. The molecule has 22 heavy (non-hydrogen) atoms. The summed E-state index contributed by atoms with van der Waals surface area (Å²) < 4.78 is 10.7. The van der Waals surface area contributed by atoms with Crippen LogP contribution in [0.2, 0.25) is 0 Å². The van der Waals surface area contributed by atoms with Gasteiger partial charge in [0.05, 0.1) is 7.11 Å². The summed E-state index contributed by atoms with van der Waals surface area (Å²) in [5, 5.41) is 0. The van der Waals surface area contributed by atoms with Gasteiger partial charge in [0.25, 0.3) is 0 Å². The zero-order chi connectivity index (χ0) is 16.3. The first-order valence-electron chi connectivity index (χ1n) is 7.71. The number of rotatable bonds is 2. The van der Waals surface area contributed by atoms with Crippen LogP contribution >= 0.6 is 0 Å². The summed E-state index contributed by atoms with van der Waals surface area (Å²) in [5.74, 6) is 1.17. The number of hydrogen-bond donors (Lipinski definition) is 1. The molecule has 122 valence electrons. The topological polar surface area (TPSA) is 64.8 Å². The van der Waals surface area contributed by atoms with Crippen LogP contribution in [0.25, 0.3) is 0 Å². The Morgan fingerprint density at radius 1 is 1.27 bits per heavy atom. The molecule has 0 aliphatic carbocycles. The number of ether oxygens (including phenoxy) is 2. The van der Waals surface area contributed by atoms with Gasteiger partial charge in [0, 0.05) is 18.8 Å². The lowest BCUT2D eigenvalue weighted by Gasteiger charge is -2.34. The normalized spacial score (nSPS) is 16.5. The Kier molecular flexibility index (Phi) is 4.84. The molecule has 1 fully saturated rings. The van der Waals surface area contributed by atoms with Crippen molar-refractivity contribution in [2.24, 2.45) is 0 Å². The Hall–Kier alpha value is -1.91. The molecule has 1 aliphatic rings. The number of hydrogen-bond acceptors (Lipinski definition) is 4. The van der Waals surface area contributed by atoms with Gasteiger partial charge in [-0.25, -0.2) is 4.79 Å². The predicted molar refractivity (Wildman–Crippen MR) is 87.2 cm³/mol. The minimum atomic E-state index is -0.453. The van der Waals surface area contributed by atoms with Crippen molar-refractivity contribution in [2.45, 2.75) is 45.1 Å². The van der Waals surface area contributed by atoms with Crippen molar-refractivity contribution in [3.05, 3.63) is 23.8 Å². The van der Waals surface area contributed by atoms with Gasteiger partial charge >= 0.3 is 6.09 Å². The number of carbonyl (C=O) groups is 1. The van der Waals surface area contributed by atoms with Crippen LogP contribution in [0.4, 0.5) is 10.5 Å². The van der Waals surface area contributed by atoms with E-state index in [-0.39, 0.29) is 6.09 Å². The van der Waals surface area contributed by atoms with E-state index in [1.807, 2.05) is 39.0 Å². The third-order valence-corrected chi connectivity index (χ3v) is 3.88. The third kappa shape index (κ3) is 4.06. The maximum absolute atomic E-state index is 12.1. The molecule has 2 N–H and O–H groups in total. The quantitative estimate of drug-likeness (QED) is 0.851. The monoisotopic (exact) mass is 306 g/mol. The van der Waals surface area contributed by atoms with E-state index in [1.165, 1.54) is 0 Å². The average Bonchev–Trinajstić information content (AvgIpc) is 2.46. The van der Waals surface area contributed by atoms with Gasteiger partial charge < -0.3 is 20.1 Å². The molecule has 1 aliphatic heterocycles. The van der Waals surface area contributed by atoms with Crippen LogP contribution < -0.4 is 10.5 Å². The first kappa shape index (κ1) is 16.5. The Morgan fingerprint density at radius 2 is 1.91 bits per heavy atom. The van der Waals surface area contributed by atoms with E-state index in [0.717, 1.165) is 29.8 Å². The highest BCUT2D eigenvalue weighted by molar-refractivity contribution is 5.68. The fourth-order valence-electron chi connectivity index (χ4n) is 2.73. The molecule has 0 saturated carbocycles. The minimum Gasteiger partial charge on any atom is -0.497 e. The van der Waals surface area contributed by atoms with E-state index in [9.17, 15) is 4.79 Å². The fraction of sp³-hybridized carbons (Fsp3) is 0.588. The van der Waals surface area contributed by atoms with E-state index < -0.39 is 5.60 Å². The molecule has 0 atom stereocenters. The molecule has 5 heteroatoms. The summed E-state index contributed by atoms with van der Waals surface area (Å²) in [6, 6.07) is 5.76. The molecule has 1 heterocycles.